The molecule has 10 nitrogen and oxygen atoms in total. The second-order valence-electron chi connectivity index (χ2n) is 4.98. The molecule has 3 atom stereocenters. The van der Waals surface area contributed by atoms with Crippen molar-refractivity contribution in [2.45, 2.75) is 31.5 Å². The first-order valence-corrected chi connectivity index (χ1v) is 8.57. The van der Waals surface area contributed by atoms with Crippen LogP contribution in [0.1, 0.15) is 13.3 Å². The lowest BCUT2D eigenvalue weighted by Gasteiger charge is -2.18. The van der Waals surface area contributed by atoms with Crippen molar-refractivity contribution in [3.8, 4) is 0 Å². The fourth-order valence-electron chi connectivity index (χ4n) is 1.49. The molecule has 0 aliphatic rings. The van der Waals surface area contributed by atoms with Crippen molar-refractivity contribution in [3.05, 3.63) is 0 Å². The third kappa shape index (κ3) is 8.70. The highest BCUT2D eigenvalue weighted by Gasteiger charge is 2.23. The van der Waals surface area contributed by atoms with Crippen LogP contribution in [0.5, 0.6) is 0 Å². The predicted octanol–water partition coefficient (Wildman–Crippen LogP) is -2.75. The molecule has 0 heterocycles. The van der Waals surface area contributed by atoms with E-state index in [1.807, 2.05) is 6.26 Å². The van der Waals surface area contributed by atoms with E-state index >= 15 is 0 Å². The number of rotatable bonds is 11. The van der Waals surface area contributed by atoms with Gasteiger partial charge in [-0.3, -0.25) is 19.2 Å². The Morgan fingerprint density at radius 2 is 1.79 bits per heavy atom. The summed E-state index contributed by atoms with van der Waals surface area (Å²) in [7, 11) is 0. The highest BCUT2D eigenvalue weighted by Crippen LogP contribution is 1.98. The highest BCUT2D eigenvalue weighted by molar-refractivity contribution is 7.98. The predicted molar refractivity (Wildman–Crippen MR) is 88.2 cm³/mol. The highest BCUT2D eigenvalue weighted by atomic mass is 32.2. The van der Waals surface area contributed by atoms with Gasteiger partial charge in [-0.05, 0) is 25.4 Å². The maximum Gasteiger partial charge on any atom is 0.325 e. The summed E-state index contributed by atoms with van der Waals surface area (Å²) in [6, 6.07) is -3.22. The lowest BCUT2D eigenvalue weighted by Crippen LogP contribution is -2.54. The van der Waals surface area contributed by atoms with Crippen LogP contribution in [0.4, 0.5) is 0 Å². The van der Waals surface area contributed by atoms with Gasteiger partial charge in [0.2, 0.25) is 17.7 Å². The van der Waals surface area contributed by atoms with Gasteiger partial charge in [-0.15, -0.1) is 0 Å². The number of thioether (sulfide) groups is 1. The summed E-state index contributed by atoms with van der Waals surface area (Å²) in [4.78, 5) is 45.7. The number of hydrogen-bond acceptors (Lipinski definition) is 7. The molecule has 3 amide bonds. The number of carbonyl (C=O) groups is 4. The number of hydrogen-bond donors (Lipinski definition) is 6. The quantitative estimate of drug-likeness (QED) is 0.229. The number of nitrogens with two attached hydrogens (primary N) is 1. The summed E-state index contributed by atoms with van der Waals surface area (Å²) in [5.74, 6) is -2.60. The van der Waals surface area contributed by atoms with Crippen molar-refractivity contribution >= 4 is 35.5 Å². The molecular weight excluding hydrogens is 340 g/mol. The maximum absolute atomic E-state index is 11.7. The number of carbonyl (C=O) groups excluding carboxylic acids is 3. The van der Waals surface area contributed by atoms with Gasteiger partial charge < -0.3 is 31.9 Å². The van der Waals surface area contributed by atoms with Crippen LogP contribution in [-0.4, -0.2) is 77.2 Å². The Morgan fingerprint density at radius 1 is 1.17 bits per heavy atom. The van der Waals surface area contributed by atoms with Crippen molar-refractivity contribution in [2.24, 2.45) is 5.73 Å². The van der Waals surface area contributed by atoms with Crippen molar-refractivity contribution in [1.82, 2.24) is 16.0 Å². The van der Waals surface area contributed by atoms with Gasteiger partial charge in [-0.2, -0.15) is 11.8 Å². The maximum atomic E-state index is 11.7. The number of aliphatic hydroxyl groups is 1. The average Bonchev–Trinajstić information content (AvgIpc) is 2.54. The zero-order valence-electron chi connectivity index (χ0n) is 13.6. The van der Waals surface area contributed by atoms with E-state index in [-0.39, 0.29) is 0 Å². The minimum absolute atomic E-state index is 0.413. The summed E-state index contributed by atoms with van der Waals surface area (Å²) in [6.45, 7) is 0.113. The normalized spacial score (nSPS) is 14.2. The van der Waals surface area contributed by atoms with E-state index in [0.717, 1.165) is 0 Å². The van der Waals surface area contributed by atoms with Crippen LogP contribution in [0.25, 0.3) is 0 Å². The summed E-state index contributed by atoms with van der Waals surface area (Å²) in [5, 5.41) is 24.5. The van der Waals surface area contributed by atoms with Gasteiger partial charge in [0, 0.05) is 0 Å². The third-order valence-electron chi connectivity index (χ3n) is 2.96. The largest absolute Gasteiger partial charge is 0.480 e. The van der Waals surface area contributed by atoms with E-state index in [0.29, 0.717) is 12.2 Å². The van der Waals surface area contributed by atoms with Crippen LogP contribution in [0.2, 0.25) is 0 Å². The Morgan fingerprint density at radius 3 is 2.29 bits per heavy atom. The van der Waals surface area contributed by atoms with E-state index in [4.69, 9.17) is 15.9 Å². The molecule has 3 unspecified atom stereocenters. The second kappa shape index (κ2) is 11.6. The summed E-state index contributed by atoms with van der Waals surface area (Å²) >= 11 is 1.54. The first kappa shape index (κ1) is 22.1. The number of aliphatic carboxylic acids is 1. The zero-order chi connectivity index (χ0) is 18.7. The first-order valence-electron chi connectivity index (χ1n) is 7.18. The molecule has 24 heavy (non-hydrogen) atoms. The average molecular weight is 364 g/mol. The minimum Gasteiger partial charge on any atom is -0.480 e. The molecular formula is C13H24N4O6S. The van der Waals surface area contributed by atoms with Crippen molar-refractivity contribution in [3.63, 3.8) is 0 Å². The van der Waals surface area contributed by atoms with E-state index < -0.39 is 55.0 Å². The molecule has 0 aliphatic heterocycles. The molecule has 0 saturated heterocycles. The summed E-state index contributed by atoms with van der Waals surface area (Å²) in [6.07, 6.45) is 2.34. The molecule has 0 aromatic carbocycles. The van der Waals surface area contributed by atoms with Gasteiger partial charge in [0.1, 0.15) is 12.1 Å². The summed E-state index contributed by atoms with van der Waals surface area (Å²) in [5.41, 5.74) is 5.63. The van der Waals surface area contributed by atoms with Gasteiger partial charge in [-0.25, -0.2) is 0 Å². The second-order valence-corrected chi connectivity index (χ2v) is 5.96. The van der Waals surface area contributed by atoms with Crippen LogP contribution >= 0.6 is 11.8 Å². The zero-order valence-corrected chi connectivity index (χ0v) is 14.4. The molecule has 0 rings (SSSR count). The molecule has 0 aromatic rings. The molecule has 0 fully saturated rings. The monoisotopic (exact) mass is 364 g/mol. The molecule has 0 spiro atoms. The van der Waals surface area contributed by atoms with Crippen LogP contribution in [0.3, 0.4) is 0 Å². The lowest BCUT2D eigenvalue weighted by molar-refractivity contribution is -0.142. The first-order chi connectivity index (χ1) is 11.2. The lowest BCUT2D eigenvalue weighted by atomic mass is 10.2. The van der Waals surface area contributed by atoms with Crippen molar-refractivity contribution < 1.29 is 29.4 Å². The van der Waals surface area contributed by atoms with Gasteiger partial charge >= 0.3 is 5.97 Å². The fourth-order valence-corrected chi connectivity index (χ4v) is 1.98. The summed E-state index contributed by atoms with van der Waals surface area (Å²) < 4.78 is 0. The molecule has 138 valence electrons. The Hall–Kier alpha value is -1.85. The molecule has 0 aromatic heterocycles. The Kier molecular flexibility index (Phi) is 10.8. The van der Waals surface area contributed by atoms with E-state index in [1.54, 1.807) is 0 Å². The number of aliphatic hydroxyl groups excluding tert-OH is 1. The van der Waals surface area contributed by atoms with Gasteiger partial charge in [0.25, 0.3) is 0 Å². The smallest absolute Gasteiger partial charge is 0.325 e. The van der Waals surface area contributed by atoms with Gasteiger partial charge in [0.15, 0.2) is 0 Å². The third-order valence-corrected chi connectivity index (χ3v) is 3.60. The number of carboxylic acid groups (broad SMARTS) is 1. The molecule has 11 heteroatoms. The topological polar surface area (TPSA) is 171 Å². The van der Waals surface area contributed by atoms with E-state index in [9.17, 15) is 19.2 Å². The van der Waals surface area contributed by atoms with Gasteiger partial charge in [-0.1, -0.05) is 0 Å². The standard InChI is InChI=1S/C13H24N4O6S/c1-7(13(22)23)16-12(21)9(6-18)17-10(19)5-15-11(20)8(14)3-4-24-2/h7-9,18H,3-6,14H2,1-2H3,(H,15,20)(H,16,21)(H,17,19)(H,22,23). The van der Waals surface area contributed by atoms with Gasteiger partial charge in [0.05, 0.1) is 19.2 Å². The van der Waals surface area contributed by atoms with Crippen LogP contribution in [0.15, 0.2) is 0 Å². The molecule has 0 aliphatic carbocycles. The van der Waals surface area contributed by atoms with E-state index in [1.165, 1.54) is 18.7 Å². The molecule has 0 radical (unpaired) electrons. The van der Waals surface area contributed by atoms with Crippen LogP contribution in [0, 0.1) is 0 Å². The number of carboxylic acids is 1. The Bertz CT molecular complexity index is 462. The SMILES string of the molecule is CSCCC(N)C(=O)NCC(=O)NC(CO)C(=O)NC(C)C(=O)O. The van der Waals surface area contributed by atoms with Crippen molar-refractivity contribution in [1.29, 1.82) is 0 Å². The van der Waals surface area contributed by atoms with Crippen LogP contribution < -0.4 is 21.7 Å². The molecule has 0 bridgehead atoms. The number of nitrogens with one attached hydrogen (secondary N) is 3. The van der Waals surface area contributed by atoms with Crippen molar-refractivity contribution in [2.75, 3.05) is 25.2 Å². The minimum atomic E-state index is -1.32. The molecule has 0 saturated carbocycles. The Balaban J connectivity index is 4.34. The molecule has 7 N–H and O–H groups in total. The van der Waals surface area contributed by atoms with Crippen LogP contribution in [-0.2, 0) is 19.2 Å². The Labute approximate surface area is 143 Å². The van der Waals surface area contributed by atoms with E-state index in [2.05, 4.69) is 16.0 Å². The number of amides is 3. The fraction of sp³-hybridized carbons (Fsp3) is 0.692.